The SMILES string of the molecule is CCN(CC)CCNCCN(C)C(C)c1ccccc1F. The fraction of sp³-hybridized carbons (Fsp3) is 0.647. The van der Waals surface area contributed by atoms with Crippen LogP contribution in [0.3, 0.4) is 0 Å². The van der Waals surface area contributed by atoms with Gasteiger partial charge in [0.15, 0.2) is 0 Å². The Kier molecular flexibility index (Phi) is 8.50. The average Bonchev–Trinajstić information content (AvgIpc) is 2.50. The van der Waals surface area contributed by atoms with Gasteiger partial charge < -0.3 is 10.2 Å². The zero-order valence-electron chi connectivity index (χ0n) is 13.9. The molecule has 0 amide bonds. The summed E-state index contributed by atoms with van der Waals surface area (Å²) in [7, 11) is 2.04. The van der Waals surface area contributed by atoms with E-state index in [1.165, 1.54) is 6.07 Å². The van der Waals surface area contributed by atoms with E-state index in [4.69, 9.17) is 0 Å². The zero-order chi connectivity index (χ0) is 15.7. The van der Waals surface area contributed by atoms with E-state index >= 15 is 0 Å². The second-order valence-corrected chi connectivity index (χ2v) is 5.45. The number of hydrogen-bond acceptors (Lipinski definition) is 3. The smallest absolute Gasteiger partial charge is 0.127 e. The minimum Gasteiger partial charge on any atom is -0.314 e. The number of likely N-dealkylation sites (N-methyl/N-ethyl adjacent to an activating group) is 2. The first-order valence-electron chi connectivity index (χ1n) is 7.97. The van der Waals surface area contributed by atoms with Crippen LogP contribution >= 0.6 is 0 Å². The standard InChI is InChI=1S/C17H30FN3/c1-5-21(6-2)14-12-19-11-13-20(4)15(3)16-9-7-8-10-17(16)18/h7-10,15,19H,5-6,11-14H2,1-4H3. The number of hydrogen-bond donors (Lipinski definition) is 1. The summed E-state index contributed by atoms with van der Waals surface area (Å²) in [6.07, 6.45) is 0. The Hall–Kier alpha value is -0.970. The first-order chi connectivity index (χ1) is 10.1. The van der Waals surface area contributed by atoms with Gasteiger partial charge in [-0.1, -0.05) is 32.0 Å². The summed E-state index contributed by atoms with van der Waals surface area (Å²) in [6.45, 7) is 12.5. The van der Waals surface area contributed by atoms with Gasteiger partial charge in [0.1, 0.15) is 5.82 Å². The highest BCUT2D eigenvalue weighted by molar-refractivity contribution is 5.20. The molecule has 1 rings (SSSR count). The van der Waals surface area contributed by atoms with Crippen molar-refractivity contribution in [1.82, 2.24) is 15.1 Å². The van der Waals surface area contributed by atoms with Crippen LogP contribution in [-0.2, 0) is 0 Å². The summed E-state index contributed by atoms with van der Waals surface area (Å²) in [5, 5.41) is 3.46. The number of benzene rings is 1. The molecule has 0 heterocycles. The lowest BCUT2D eigenvalue weighted by Gasteiger charge is -2.26. The maximum absolute atomic E-state index is 13.8. The maximum atomic E-state index is 13.8. The summed E-state index contributed by atoms with van der Waals surface area (Å²) >= 11 is 0. The van der Waals surface area contributed by atoms with Crippen molar-refractivity contribution in [3.63, 3.8) is 0 Å². The van der Waals surface area contributed by atoms with E-state index in [-0.39, 0.29) is 11.9 Å². The van der Waals surface area contributed by atoms with Crippen LogP contribution in [0.1, 0.15) is 32.4 Å². The minimum absolute atomic E-state index is 0.0933. The highest BCUT2D eigenvalue weighted by atomic mass is 19.1. The van der Waals surface area contributed by atoms with Gasteiger partial charge in [0.05, 0.1) is 0 Å². The molecular formula is C17H30FN3. The van der Waals surface area contributed by atoms with E-state index in [2.05, 4.69) is 29.0 Å². The molecule has 0 saturated heterocycles. The molecule has 1 aromatic carbocycles. The lowest BCUT2D eigenvalue weighted by atomic mass is 10.1. The van der Waals surface area contributed by atoms with E-state index in [0.29, 0.717) is 0 Å². The van der Waals surface area contributed by atoms with Crippen molar-refractivity contribution in [3.05, 3.63) is 35.6 Å². The lowest BCUT2D eigenvalue weighted by Crippen LogP contribution is -2.36. The van der Waals surface area contributed by atoms with Gasteiger partial charge in [0, 0.05) is 37.8 Å². The van der Waals surface area contributed by atoms with Gasteiger partial charge >= 0.3 is 0 Å². The fourth-order valence-corrected chi connectivity index (χ4v) is 2.40. The monoisotopic (exact) mass is 295 g/mol. The molecule has 0 aromatic heterocycles. The zero-order valence-corrected chi connectivity index (χ0v) is 13.9. The average molecular weight is 295 g/mol. The molecule has 0 fully saturated rings. The van der Waals surface area contributed by atoms with E-state index in [1.807, 2.05) is 26.1 Å². The molecule has 21 heavy (non-hydrogen) atoms. The van der Waals surface area contributed by atoms with Crippen molar-refractivity contribution in [1.29, 1.82) is 0 Å². The molecule has 0 radical (unpaired) electrons. The van der Waals surface area contributed by atoms with Crippen LogP contribution < -0.4 is 5.32 Å². The second-order valence-electron chi connectivity index (χ2n) is 5.45. The predicted molar refractivity (Wildman–Crippen MR) is 88.1 cm³/mol. The van der Waals surface area contributed by atoms with E-state index in [0.717, 1.165) is 44.8 Å². The highest BCUT2D eigenvalue weighted by Gasteiger charge is 2.14. The molecule has 120 valence electrons. The van der Waals surface area contributed by atoms with Crippen molar-refractivity contribution in [2.24, 2.45) is 0 Å². The van der Waals surface area contributed by atoms with Crippen LogP contribution in [0, 0.1) is 5.82 Å². The molecule has 4 heteroatoms. The Labute approximate surface area is 129 Å². The molecule has 0 saturated carbocycles. The Morgan fingerprint density at radius 1 is 1.10 bits per heavy atom. The van der Waals surface area contributed by atoms with Gasteiger partial charge in [-0.05, 0) is 33.1 Å². The van der Waals surface area contributed by atoms with E-state index in [1.54, 1.807) is 6.07 Å². The maximum Gasteiger partial charge on any atom is 0.127 e. The Morgan fingerprint density at radius 3 is 2.33 bits per heavy atom. The molecule has 1 N–H and O–H groups in total. The summed E-state index contributed by atoms with van der Waals surface area (Å²) in [5.74, 6) is -0.119. The second kappa shape index (κ2) is 9.87. The molecule has 3 nitrogen and oxygen atoms in total. The molecule has 1 atom stereocenters. The molecule has 1 aromatic rings. The largest absolute Gasteiger partial charge is 0.314 e. The normalized spacial score (nSPS) is 13.1. The van der Waals surface area contributed by atoms with Crippen LogP contribution in [0.25, 0.3) is 0 Å². The van der Waals surface area contributed by atoms with E-state index < -0.39 is 0 Å². The number of nitrogens with one attached hydrogen (secondary N) is 1. The molecule has 0 spiro atoms. The number of rotatable bonds is 10. The van der Waals surface area contributed by atoms with Gasteiger partial charge in [-0.2, -0.15) is 0 Å². The summed E-state index contributed by atoms with van der Waals surface area (Å²) in [6, 6.07) is 7.12. The van der Waals surface area contributed by atoms with Crippen molar-refractivity contribution < 1.29 is 4.39 Å². The van der Waals surface area contributed by atoms with Crippen LogP contribution in [0.5, 0.6) is 0 Å². The molecular weight excluding hydrogens is 265 g/mol. The van der Waals surface area contributed by atoms with Crippen molar-refractivity contribution in [2.45, 2.75) is 26.8 Å². The first-order valence-corrected chi connectivity index (χ1v) is 7.97. The summed E-state index contributed by atoms with van der Waals surface area (Å²) in [4.78, 5) is 4.58. The van der Waals surface area contributed by atoms with Gasteiger partial charge in [-0.25, -0.2) is 4.39 Å². The van der Waals surface area contributed by atoms with Crippen LogP contribution in [0.2, 0.25) is 0 Å². The van der Waals surface area contributed by atoms with Gasteiger partial charge in [0.25, 0.3) is 0 Å². The Bertz CT molecular complexity index is 393. The Balaban J connectivity index is 2.27. The first kappa shape index (κ1) is 18.1. The van der Waals surface area contributed by atoms with Gasteiger partial charge in [-0.15, -0.1) is 0 Å². The van der Waals surface area contributed by atoms with Crippen molar-refractivity contribution in [2.75, 3.05) is 46.3 Å². The molecule has 0 aliphatic heterocycles. The number of nitrogens with zero attached hydrogens (tertiary/aromatic N) is 2. The third-order valence-electron chi connectivity index (χ3n) is 4.16. The van der Waals surface area contributed by atoms with Gasteiger partial charge in [0.2, 0.25) is 0 Å². The highest BCUT2D eigenvalue weighted by Crippen LogP contribution is 2.20. The summed E-state index contributed by atoms with van der Waals surface area (Å²) < 4.78 is 13.8. The van der Waals surface area contributed by atoms with E-state index in [9.17, 15) is 4.39 Å². The fourth-order valence-electron chi connectivity index (χ4n) is 2.40. The molecule has 0 bridgehead atoms. The quantitative estimate of drug-likeness (QED) is 0.670. The number of halogens is 1. The Morgan fingerprint density at radius 2 is 1.71 bits per heavy atom. The topological polar surface area (TPSA) is 18.5 Å². The van der Waals surface area contributed by atoms with Crippen molar-refractivity contribution >= 4 is 0 Å². The van der Waals surface area contributed by atoms with Gasteiger partial charge in [-0.3, -0.25) is 4.90 Å². The third-order valence-corrected chi connectivity index (χ3v) is 4.16. The van der Waals surface area contributed by atoms with Crippen LogP contribution in [0.4, 0.5) is 4.39 Å². The lowest BCUT2D eigenvalue weighted by molar-refractivity contribution is 0.251. The van der Waals surface area contributed by atoms with Crippen LogP contribution in [0.15, 0.2) is 24.3 Å². The molecule has 1 unspecified atom stereocenters. The molecule has 0 aliphatic rings. The van der Waals surface area contributed by atoms with Crippen molar-refractivity contribution in [3.8, 4) is 0 Å². The predicted octanol–water partition coefficient (Wildman–Crippen LogP) is 2.75. The minimum atomic E-state index is -0.119. The van der Waals surface area contributed by atoms with Crippen LogP contribution in [-0.4, -0.2) is 56.1 Å². The molecule has 0 aliphatic carbocycles. The third kappa shape index (κ3) is 6.12. The summed E-state index contributed by atoms with van der Waals surface area (Å²) in [5.41, 5.74) is 0.767.